The zero-order valence-electron chi connectivity index (χ0n) is 6.52. The summed E-state index contributed by atoms with van der Waals surface area (Å²) in [4.78, 5) is 3.38. The zero-order valence-corrected chi connectivity index (χ0v) is 8.68. The topological polar surface area (TPSA) is 22.1 Å². The van der Waals surface area contributed by atoms with Gasteiger partial charge in [-0.05, 0) is 22.6 Å². The van der Waals surface area contributed by atoms with Crippen LogP contribution in [0.2, 0.25) is 0 Å². The van der Waals surface area contributed by atoms with Crippen molar-refractivity contribution in [3.63, 3.8) is 0 Å². The van der Waals surface area contributed by atoms with Gasteiger partial charge in [-0.1, -0.05) is 0 Å². The van der Waals surface area contributed by atoms with Crippen molar-refractivity contribution in [3.05, 3.63) is 21.3 Å². The standard InChI is InChI=1S/C7H5F3INO/c1-13-4-2-3(8)5(6(9)10)12-7(4)11/h2,6H,1H3. The number of alkyl halides is 2. The highest BCUT2D eigenvalue weighted by molar-refractivity contribution is 14.1. The molecule has 0 saturated carbocycles. The Bertz CT molecular complexity index is 319. The highest BCUT2D eigenvalue weighted by Crippen LogP contribution is 2.26. The van der Waals surface area contributed by atoms with Crippen LogP contribution in [0, 0.1) is 9.52 Å². The maximum absolute atomic E-state index is 12.8. The van der Waals surface area contributed by atoms with Crippen LogP contribution < -0.4 is 4.74 Å². The number of hydrogen-bond donors (Lipinski definition) is 0. The molecule has 0 unspecified atom stereocenters. The summed E-state index contributed by atoms with van der Waals surface area (Å²) in [5.74, 6) is -0.894. The van der Waals surface area contributed by atoms with Crippen molar-refractivity contribution in [1.29, 1.82) is 0 Å². The van der Waals surface area contributed by atoms with Crippen LogP contribution in [0.3, 0.4) is 0 Å². The van der Waals surface area contributed by atoms with Crippen molar-refractivity contribution in [2.24, 2.45) is 0 Å². The van der Waals surface area contributed by atoms with E-state index >= 15 is 0 Å². The van der Waals surface area contributed by atoms with E-state index in [1.165, 1.54) is 7.11 Å². The summed E-state index contributed by atoms with van der Waals surface area (Å²) in [5.41, 5.74) is -0.842. The third-order valence-electron chi connectivity index (χ3n) is 1.35. The number of ether oxygens (including phenoxy) is 1. The fourth-order valence-electron chi connectivity index (χ4n) is 0.759. The Morgan fingerprint density at radius 1 is 1.54 bits per heavy atom. The molecule has 6 heteroatoms. The molecule has 1 rings (SSSR count). The summed E-state index contributed by atoms with van der Waals surface area (Å²) >= 11 is 1.70. The minimum absolute atomic E-state index is 0.155. The van der Waals surface area contributed by atoms with Gasteiger partial charge in [-0.25, -0.2) is 18.2 Å². The molecule has 0 spiro atoms. The number of nitrogens with zero attached hydrogens (tertiary/aromatic N) is 1. The second-order valence-corrected chi connectivity index (χ2v) is 3.17. The SMILES string of the molecule is COc1cc(F)c(C(F)F)nc1I. The molecule has 13 heavy (non-hydrogen) atoms. The van der Waals surface area contributed by atoms with Crippen LogP contribution in [-0.2, 0) is 0 Å². The lowest BCUT2D eigenvalue weighted by molar-refractivity contribution is 0.140. The first-order valence-electron chi connectivity index (χ1n) is 3.24. The number of rotatable bonds is 2. The normalized spacial score (nSPS) is 10.6. The monoisotopic (exact) mass is 303 g/mol. The predicted octanol–water partition coefficient (Wildman–Crippen LogP) is 2.77. The molecule has 0 aliphatic rings. The van der Waals surface area contributed by atoms with Crippen molar-refractivity contribution in [2.45, 2.75) is 6.43 Å². The van der Waals surface area contributed by atoms with Crippen molar-refractivity contribution in [2.75, 3.05) is 7.11 Å². The first-order valence-corrected chi connectivity index (χ1v) is 4.32. The average molecular weight is 303 g/mol. The Balaban J connectivity index is 3.20. The van der Waals surface area contributed by atoms with E-state index in [1.807, 2.05) is 0 Å². The molecular formula is C7H5F3INO. The third kappa shape index (κ3) is 2.23. The van der Waals surface area contributed by atoms with Crippen LogP contribution >= 0.6 is 22.6 Å². The Morgan fingerprint density at radius 2 is 2.15 bits per heavy atom. The van der Waals surface area contributed by atoms with Gasteiger partial charge in [-0.2, -0.15) is 0 Å². The van der Waals surface area contributed by atoms with Crippen molar-refractivity contribution < 1.29 is 17.9 Å². The fourth-order valence-corrected chi connectivity index (χ4v) is 1.39. The molecule has 0 aliphatic heterocycles. The van der Waals surface area contributed by atoms with E-state index in [2.05, 4.69) is 4.98 Å². The maximum atomic E-state index is 12.8. The third-order valence-corrected chi connectivity index (χ3v) is 2.12. The first kappa shape index (κ1) is 10.6. The molecule has 0 N–H and O–H groups in total. The van der Waals surface area contributed by atoms with Gasteiger partial charge in [-0.3, -0.25) is 0 Å². The molecule has 2 nitrogen and oxygen atoms in total. The molecule has 1 aromatic heterocycles. The molecule has 72 valence electrons. The van der Waals surface area contributed by atoms with Gasteiger partial charge in [0.05, 0.1) is 7.11 Å². The van der Waals surface area contributed by atoms with Gasteiger partial charge >= 0.3 is 0 Å². The molecule has 1 aromatic rings. The summed E-state index contributed by atoms with van der Waals surface area (Å²) < 4.78 is 42.0. The quantitative estimate of drug-likeness (QED) is 0.619. The lowest BCUT2D eigenvalue weighted by Crippen LogP contribution is -2.00. The van der Waals surface area contributed by atoms with E-state index in [1.54, 1.807) is 22.6 Å². The second kappa shape index (κ2) is 4.12. The van der Waals surface area contributed by atoms with Crippen LogP contribution in [0.1, 0.15) is 12.1 Å². The van der Waals surface area contributed by atoms with Crippen LogP contribution in [0.5, 0.6) is 5.75 Å². The number of pyridine rings is 1. The van der Waals surface area contributed by atoms with E-state index in [-0.39, 0.29) is 9.45 Å². The van der Waals surface area contributed by atoms with E-state index in [4.69, 9.17) is 4.74 Å². The maximum Gasteiger partial charge on any atom is 0.283 e. The molecule has 0 aromatic carbocycles. The van der Waals surface area contributed by atoms with Crippen molar-refractivity contribution in [1.82, 2.24) is 4.98 Å². The molecule has 0 aliphatic carbocycles. The number of methoxy groups -OCH3 is 1. The van der Waals surface area contributed by atoms with E-state index < -0.39 is 17.9 Å². The predicted molar refractivity (Wildman–Crippen MR) is 48.4 cm³/mol. The minimum atomic E-state index is -2.90. The van der Waals surface area contributed by atoms with Crippen LogP contribution in [0.4, 0.5) is 13.2 Å². The molecule has 0 amide bonds. The smallest absolute Gasteiger partial charge is 0.283 e. The molecule has 0 radical (unpaired) electrons. The zero-order chi connectivity index (χ0) is 10.0. The Morgan fingerprint density at radius 3 is 2.62 bits per heavy atom. The van der Waals surface area contributed by atoms with Gasteiger partial charge in [-0.15, -0.1) is 0 Å². The molecule has 0 atom stereocenters. The summed E-state index contributed by atoms with van der Waals surface area (Å²) in [7, 11) is 1.32. The van der Waals surface area contributed by atoms with Gasteiger partial charge in [0, 0.05) is 6.07 Å². The molecule has 0 fully saturated rings. The largest absolute Gasteiger partial charge is 0.494 e. The molecule has 1 heterocycles. The second-order valence-electron chi connectivity index (χ2n) is 2.15. The van der Waals surface area contributed by atoms with E-state index in [0.29, 0.717) is 0 Å². The summed E-state index contributed by atoms with van der Waals surface area (Å²) in [6.07, 6.45) is -2.90. The number of halogens is 4. The van der Waals surface area contributed by atoms with Gasteiger partial charge in [0.25, 0.3) is 6.43 Å². The van der Waals surface area contributed by atoms with E-state index in [9.17, 15) is 13.2 Å². The van der Waals surface area contributed by atoms with Crippen LogP contribution in [-0.4, -0.2) is 12.1 Å². The fraction of sp³-hybridized carbons (Fsp3) is 0.286. The molecule has 0 saturated heterocycles. The van der Waals surface area contributed by atoms with E-state index in [0.717, 1.165) is 6.07 Å². The number of aromatic nitrogens is 1. The number of hydrogen-bond acceptors (Lipinski definition) is 2. The van der Waals surface area contributed by atoms with Gasteiger partial charge in [0.2, 0.25) is 0 Å². The molecular weight excluding hydrogens is 298 g/mol. The minimum Gasteiger partial charge on any atom is -0.494 e. The molecule has 0 bridgehead atoms. The summed E-state index contributed by atoms with van der Waals surface area (Å²) in [5, 5.41) is 0. The van der Waals surface area contributed by atoms with Crippen LogP contribution in [0.15, 0.2) is 6.07 Å². The highest BCUT2D eigenvalue weighted by Gasteiger charge is 2.18. The van der Waals surface area contributed by atoms with Gasteiger partial charge < -0.3 is 4.74 Å². The van der Waals surface area contributed by atoms with Gasteiger partial charge in [0.1, 0.15) is 9.39 Å². The van der Waals surface area contributed by atoms with Crippen molar-refractivity contribution >= 4 is 22.6 Å². The summed E-state index contributed by atoms with van der Waals surface area (Å²) in [6.45, 7) is 0. The Kier molecular flexibility index (Phi) is 3.34. The highest BCUT2D eigenvalue weighted by atomic mass is 127. The lowest BCUT2D eigenvalue weighted by atomic mass is 10.3. The van der Waals surface area contributed by atoms with Crippen molar-refractivity contribution in [3.8, 4) is 5.75 Å². The average Bonchev–Trinajstić information content (AvgIpc) is 2.07. The summed E-state index contributed by atoms with van der Waals surface area (Å²) in [6, 6.07) is 0.899. The Hall–Kier alpha value is -0.530. The van der Waals surface area contributed by atoms with Crippen LogP contribution in [0.25, 0.3) is 0 Å². The first-order chi connectivity index (χ1) is 6.06. The van der Waals surface area contributed by atoms with Gasteiger partial charge in [0.15, 0.2) is 11.6 Å². The lowest BCUT2D eigenvalue weighted by Gasteiger charge is -2.05. The Labute approximate surface area is 86.3 Å².